The summed E-state index contributed by atoms with van der Waals surface area (Å²) in [7, 11) is 1.53. The van der Waals surface area contributed by atoms with Gasteiger partial charge in [-0.3, -0.25) is 9.79 Å². The first-order valence-corrected chi connectivity index (χ1v) is 9.61. The van der Waals surface area contributed by atoms with Crippen LogP contribution in [0, 0.1) is 5.92 Å². The van der Waals surface area contributed by atoms with Crippen LogP contribution in [0.25, 0.3) is 0 Å². The molecule has 1 fully saturated rings. The zero-order valence-corrected chi connectivity index (χ0v) is 20.0. The molecule has 170 valence electrons. The second-order valence-corrected chi connectivity index (χ2v) is 7.95. The van der Waals surface area contributed by atoms with E-state index in [0.29, 0.717) is 19.0 Å². The first-order chi connectivity index (χ1) is 13.5. The molecule has 1 aliphatic rings. The van der Waals surface area contributed by atoms with E-state index in [0.717, 1.165) is 18.9 Å². The lowest BCUT2D eigenvalue weighted by Crippen LogP contribution is -2.41. The van der Waals surface area contributed by atoms with Crippen LogP contribution >= 0.6 is 24.0 Å². The van der Waals surface area contributed by atoms with Crippen LogP contribution in [0.1, 0.15) is 44.7 Å². The summed E-state index contributed by atoms with van der Waals surface area (Å²) in [6.45, 7) is 6.11. The van der Waals surface area contributed by atoms with Crippen molar-refractivity contribution in [3.05, 3.63) is 29.3 Å². The molecule has 3 N–H and O–H groups in total. The van der Waals surface area contributed by atoms with Crippen molar-refractivity contribution in [3.63, 3.8) is 0 Å². The summed E-state index contributed by atoms with van der Waals surface area (Å²) in [6.07, 6.45) is -2.63. The Labute approximate surface area is 192 Å². The highest BCUT2D eigenvalue weighted by molar-refractivity contribution is 14.0. The van der Waals surface area contributed by atoms with Crippen LogP contribution in [0.3, 0.4) is 0 Å². The second kappa shape index (κ2) is 11.1. The van der Waals surface area contributed by atoms with Gasteiger partial charge in [0.25, 0.3) is 0 Å². The van der Waals surface area contributed by atoms with Gasteiger partial charge in [-0.05, 0) is 51.3 Å². The Hall–Kier alpha value is -1.72. The topological polar surface area (TPSA) is 74.8 Å². The number of halogens is 4. The summed E-state index contributed by atoms with van der Waals surface area (Å²) < 4.78 is 46.0. The molecule has 1 amide bonds. The average molecular weight is 542 g/mol. The van der Waals surface area contributed by atoms with Crippen molar-refractivity contribution in [1.82, 2.24) is 16.0 Å². The van der Waals surface area contributed by atoms with Crippen molar-refractivity contribution < 1.29 is 22.7 Å². The highest BCUT2D eigenvalue weighted by atomic mass is 127. The van der Waals surface area contributed by atoms with Gasteiger partial charge in [-0.2, -0.15) is 13.2 Å². The number of rotatable bonds is 7. The Morgan fingerprint density at radius 1 is 1.13 bits per heavy atom. The van der Waals surface area contributed by atoms with Gasteiger partial charge in [-0.1, -0.05) is 6.07 Å². The zero-order chi connectivity index (χ0) is 21.7. The number of carbonyl (C=O) groups is 1. The number of benzene rings is 1. The SMILES string of the molecule is CN=C(NCCNC(=O)C1CC1)NCc1ccc(OC(C)(C)C)cc1C(F)(F)F.I. The van der Waals surface area contributed by atoms with Gasteiger partial charge in [0.2, 0.25) is 5.91 Å². The molecule has 1 aliphatic carbocycles. The van der Waals surface area contributed by atoms with E-state index in [2.05, 4.69) is 20.9 Å². The summed E-state index contributed by atoms with van der Waals surface area (Å²) in [5, 5.41) is 8.65. The summed E-state index contributed by atoms with van der Waals surface area (Å²) in [4.78, 5) is 15.6. The summed E-state index contributed by atoms with van der Waals surface area (Å²) in [6, 6.07) is 3.95. The number of aliphatic imine (C=N–C) groups is 1. The van der Waals surface area contributed by atoms with E-state index in [1.165, 1.54) is 19.2 Å². The second-order valence-electron chi connectivity index (χ2n) is 7.95. The van der Waals surface area contributed by atoms with Gasteiger partial charge in [-0.25, -0.2) is 0 Å². The minimum atomic E-state index is -4.50. The Morgan fingerprint density at radius 2 is 1.77 bits per heavy atom. The molecule has 6 nitrogen and oxygen atoms in total. The van der Waals surface area contributed by atoms with Crippen molar-refractivity contribution in [2.45, 2.75) is 51.9 Å². The zero-order valence-electron chi connectivity index (χ0n) is 17.7. The number of guanidine groups is 1. The molecule has 0 aliphatic heterocycles. The smallest absolute Gasteiger partial charge is 0.416 e. The van der Waals surface area contributed by atoms with Crippen LogP contribution in [0.15, 0.2) is 23.2 Å². The molecule has 0 aromatic heterocycles. The van der Waals surface area contributed by atoms with E-state index in [1.807, 2.05) is 0 Å². The lowest BCUT2D eigenvalue weighted by atomic mass is 10.1. The first-order valence-electron chi connectivity index (χ1n) is 9.61. The molecule has 10 heteroatoms. The van der Waals surface area contributed by atoms with Gasteiger partial charge in [-0.15, -0.1) is 24.0 Å². The minimum absolute atomic E-state index is 0. The van der Waals surface area contributed by atoms with Gasteiger partial charge in [0, 0.05) is 32.6 Å². The molecule has 1 aromatic carbocycles. The molecule has 0 atom stereocenters. The molecule has 2 rings (SSSR count). The lowest BCUT2D eigenvalue weighted by Gasteiger charge is -2.23. The fraction of sp³-hybridized carbons (Fsp3) is 0.600. The van der Waals surface area contributed by atoms with Gasteiger partial charge in [0.1, 0.15) is 11.4 Å². The maximum Gasteiger partial charge on any atom is 0.416 e. The number of hydrogen-bond acceptors (Lipinski definition) is 3. The maximum absolute atomic E-state index is 13.5. The molecule has 0 heterocycles. The standard InChI is InChI=1S/C20H29F3N4O2.HI/c1-19(2,3)29-15-8-7-14(16(11-15)20(21,22)23)12-27-18(24-4)26-10-9-25-17(28)13-5-6-13;/h7-8,11,13H,5-6,9-10,12H2,1-4H3,(H,25,28)(H2,24,26,27);1H. The minimum Gasteiger partial charge on any atom is -0.488 e. The number of alkyl halides is 3. The number of hydrogen-bond donors (Lipinski definition) is 3. The van der Waals surface area contributed by atoms with E-state index < -0.39 is 17.3 Å². The van der Waals surface area contributed by atoms with Crippen molar-refractivity contribution in [3.8, 4) is 5.75 Å². The van der Waals surface area contributed by atoms with E-state index in [1.54, 1.807) is 20.8 Å². The molecule has 0 bridgehead atoms. The number of nitrogens with one attached hydrogen (secondary N) is 3. The van der Waals surface area contributed by atoms with Gasteiger partial charge < -0.3 is 20.7 Å². The molecule has 0 saturated heterocycles. The predicted molar refractivity (Wildman–Crippen MR) is 121 cm³/mol. The van der Waals surface area contributed by atoms with Crippen LogP contribution in [0.4, 0.5) is 13.2 Å². The number of carbonyl (C=O) groups excluding carboxylic acids is 1. The van der Waals surface area contributed by atoms with Crippen molar-refractivity contribution in [1.29, 1.82) is 0 Å². The van der Waals surface area contributed by atoms with Crippen LogP contribution in [-0.4, -0.2) is 37.6 Å². The molecule has 0 unspecified atom stereocenters. The van der Waals surface area contributed by atoms with Crippen molar-refractivity contribution in [2.24, 2.45) is 10.9 Å². The predicted octanol–water partition coefficient (Wildman–Crippen LogP) is 3.69. The van der Waals surface area contributed by atoms with Gasteiger partial charge >= 0.3 is 6.18 Å². The van der Waals surface area contributed by atoms with E-state index >= 15 is 0 Å². The third-order valence-electron chi connectivity index (χ3n) is 4.15. The van der Waals surface area contributed by atoms with Gasteiger partial charge in [0.05, 0.1) is 5.56 Å². The monoisotopic (exact) mass is 542 g/mol. The third-order valence-corrected chi connectivity index (χ3v) is 4.15. The molecule has 0 radical (unpaired) electrons. The van der Waals surface area contributed by atoms with Crippen LogP contribution in [0.5, 0.6) is 5.75 Å². The molecular weight excluding hydrogens is 512 g/mol. The fourth-order valence-corrected chi connectivity index (χ4v) is 2.65. The quantitative estimate of drug-likeness (QED) is 0.213. The van der Waals surface area contributed by atoms with E-state index in [-0.39, 0.29) is 53.7 Å². The van der Waals surface area contributed by atoms with E-state index in [9.17, 15) is 18.0 Å². The highest BCUT2D eigenvalue weighted by Gasteiger charge is 2.34. The molecule has 30 heavy (non-hydrogen) atoms. The molecule has 1 saturated carbocycles. The average Bonchev–Trinajstić information content (AvgIpc) is 3.44. The lowest BCUT2D eigenvalue weighted by molar-refractivity contribution is -0.138. The summed E-state index contributed by atoms with van der Waals surface area (Å²) >= 11 is 0. The number of ether oxygens (including phenoxy) is 1. The number of amides is 1. The van der Waals surface area contributed by atoms with Crippen molar-refractivity contribution >= 4 is 35.8 Å². The fourth-order valence-electron chi connectivity index (χ4n) is 2.65. The van der Waals surface area contributed by atoms with Crippen LogP contribution in [0.2, 0.25) is 0 Å². The Kier molecular flexibility index (Phi) is 9.70. The Morgan fingerprint density at radius 3 is 2.30 bits per heavy atom. The van der Waals surface area contributed by atoms with Crippen LogP contribution in [-0.2, 0) is 17.5 Å². The largest absolute Gasteiger partial charge is 0.488 e. The number of nitrogens with zero attached hydrogens (tertiary/aromatic N) is 1. The summed E-state index contributed by atoms with van der Waals surface area (Å²) in [5.41, 5.74) is -1.26. The summed E-state index contributed by atoms with van der Waals surface area (Å²) in [5.74, 6) is 0.705. The van der Waals surface area contributed by atoms with Crippen LogP contribution < -0.4 is 20.7 Å². The maximum atomic E-state index is 13.5. The first kappa shape index (κ1) is 26.3. The van der Waals surface area contributed by atoms with Crippen molar-refractivity contribution in [2.75, 3.05) is 20.1 Å². The Bertz CT molecular complexity index is 745. The van der Waals surface area contributed by atoms with E-state index in [4.69, 9.17) is 4.74 Å². The molecule has 1 aromatic rings. The van der Waals surface area contributed by atoms with Gasteiger partial charge in [0.15, 0.2) is 5.96 Å². The molecular formula is C20H30F3IN4O2. The third kappa shape index (κ3) is 8.97. The Balaban J connectivity index is 0.00000450. The molecule has 0 spiro atoms. The normalized spacial score (nSPS) is 14.6. The highest BCUT2D eigenvalue weighted by Crippen LogP contribution is 2.35.